The Hall–Kier alpha value is -3.55. The highest BCUT2D eigenvalue weighted by atomic mass is 16.5. The number of carbonyl (C=O) groups excluding carboxylic acids is 3. The monoisotopic (exact) mass is 400 g/mol. The van der Waals surface area contributed by atoms with Gasteiger partial charge in [-0.25, -0.2) is 4.79 Å². The second-order valence-electron chi connectivity index (χ2n) is 5.70. The molecule has 2 N–H and O–H groups in total. The van der Waals surface area contributed by atoms with Gasteiger partial charge in [-0.2, -0.15) is 0 Å². The Bertz CT molecular complexity index is 881. The quantitative estimate of drug-likeness (QED) is 0.521. The average molecular weight is 400 g/mol. The van der Waals surface area contributed by atoms with Crippen molar-refractivity contribution in [1.29, 1.82) is 0 Å². The predicted octanol–water partition coefficient (Wildman–Crippen LogP) is 3.24. The van der Waals surface area contributed by atoms with Gasteiger partial charge >= 0.3 is 17.8 Å². The van der Waals surface area contributed by atoms with Crippen LogP contribution < -0.4 is 20.1 Å². The van der Waals surface area contributed by atoms with Crippen LogP contribution in [0.5, 0.6) is 11.5 Å². The lowest BCUT2D eigenvalue weighted by Gasteiger charge is -2.13. The third-order valence-electron chi connectivity index (χ3n) is 3.68. The summed E-state index contributed by atoms with van der Waals surface area (Å²) in [6, 6.07) is 11.1. The molecule has 8 nitrogen and oxygen atoms in total. The Kier molecular flexibility index (Phi) is 8.02. The molecule has 0 saturated carbocycles. The van der Waals surface area contributed by atoms with Crippen LogP contribution in [-0.2, 0) is 14.3 Å². The molecule has 2 aromatic rings. The number of benzene rings is 2. The highest BCUT2D eigenvalue weighted by Crippen LogP contribution is 2.30. The molecule has 154 valence electrons. The van der Waals surface area contributed by atoms with E-state index in [9.17, 15) is 14.4 Å². The molecule has 8 heteroatoms. The molecular formula is C21H24N2O6. The third kappa shape index (κ3) is 5.97. The Morgan fingerprint density at radius 3 is 2.14 bits per heavy atom. The lowest BCUT2D eigenvalue weighted by molar-refractivity contribution is -0.133. The summed E-state index contributed by atoms with van der Waals surface area (Å²) in [5.41, 5.74) is 0.721. The molecule has 0 aromatic heterocycles. The zero-order valence-electron chi connectivity index (χ0n) is 16.6. The van der Waals surface area contributed by atoms with Gasteiger partial charge in [0.2, 0.25) is 0 Å². The predicted molar refractivity (Wildman–Crippen MR) is 108 cm³/mol. The minimum Gasteiger partial charge on any atom is -0.490 e. The maximum absolute atomic E-state index is 12.3. The molecule has 0 fully saturated rings. The number of hydrogen-bond acceptors (Lipinski definition) is 6. The number of amides is 2. The molecule has 0 heterocycles. The summed E-state index contributed by atoms with van der Waals surface area (Å²) in [7, 11) is 0. The summed E-state index contributed by atoms with van der Waals surface area (Å²) < 4.78 is 15.9. The normalized spacial score (nSPS) is 10.0. The first-order valence-electron chi connectivity index (χ1n) is 9.28. The number of carbonyl (C=O) groups is 3. The molecule has 2 aromatic carbocycles. The smallest absolute Gasteiger partial charge is 0.340 e. The van der Waals surface area contributed by atoms with E-state index in [2.05, 4.69) is 10.6 Å². The molecule has 0 spiro atoms. The van der Waals surface area contributed by atoms with Gasteiger partial charge in [0.1, 0.15) is 0 Å². The molecule has 0 radical (unpaired) electrons. The van der Waals surface area contributed by atoms with Crippen LogP contribution in [0.3, 0.4) is 0 Å². The molecule has 0 aliphatic heterocycles. The van der Waals surface area contributed by atoms with Gasteiger partial charge in [-0.15, -0.1) is 0 Å². The lowest BCUT2D eigenvalue weighted by Crippen LogP contribution is -2.29. The summed E-state index contributed by atoms with van der Waals surface area (Å²) in [5.74, 6) is -1.40. The number of para-hydroxylation sites is 1. The molecule has 2 amide bonds. The maximum Gasteiger partial charge on any atom is 0.340 e. The van der Waals surface area contributed by atoms with E-state index in [1.54, 1.807) is 37.3 Å². The fraction of sp³-hybridized carbons (Fsp3) is 0.286. The van der Waals surface area contributed by atoms with E-state index in [4.69, 9.17) is 14.2 Å². The lowest BCUT2D eigenvalue weighted by atomic mass is 10.2. The van der Waals surface area contributed by atoms with E-state index < -0.39 is 17.8 Å². The minimum atomic E-state index is -0.923. The zero-order valence-corrected chi connectivity index (χ0v) is 16.6. The Morgan fingerprint density at radius 1 is 0.793 bits per heavy atom. The maximum atomic E-state index is 12.3. The summed E-state index contributed by atoms with van der Waals surface area (Å²) in [4.78, 5) is 36.6. The Morgan fingerprint density at radius 2 is 1.45 bits per heavy atom. The van der Waals surface area contributed by atoms with Gasteiger partial charge in [-0.05, 0) is 45.0 Å². The van der Waals surface area contributed by atoms with E-state index in [-0.39, 0.29) is 17.9 Å². The third-order valence-corrected chi connectivity index (χ3v) is 3.68. The molecule has 0 saturated heterocycles. The molecule has 0 atom stereocenters. The van der Waals surface area contributed by atoms with E-state index in [1.165, 1.54) is 12.1 Å². The molecule has 0 unspecified atom stereocenters. The van der Waals surface area contributed by atoms with E-state index in [1.807, 2.05) is 13.8 Å². The van der Waals surface area contributed by atoms with Gasteiger partial charge in [0.15, 0.2) is 11.5 Å². The summed E-state index contributed by atoms with van der Waals surface area (Å²) in [6.07, 6.45) is 0. The average Bonchev–Trinajstić information content (AvgIpc) is 2.70. The van der Waals surface area contributed by atoms with Gasteiger partial charge in [0.05, 0.1) is 31.1 Å². The molecule has 29 heavy (non-hydrogen) atoms. The SMILES string of the molecule is CCOC(=O)c1ccccc1NC(=O)C(=O)Nc1ccc(OCC)c(OCC)c1. The van der Waals surface area contributed by atoms with Crippen LogP contribution in [0.2, 0.25) is 0 Å². The first-order chi connectivity index (χ1) is 14.0. The van der Waals surface area contributed by atoms with Gasteiger partial charge in [-0.1, -0.05) is 12.1 Å². The summed E-state index contributed by atoms with van der Waals surface area (Å²) in [5, 5.41) is 4.93. The second kappa shape index (κ2) is 10.7. The van der Waals surface area contributed by atoms with Gasteiger partial charge in [-0.3, -0.25) is 9.59 Å². The van der Waals surface area contributed by atoms with Gasteiger partial charge in [0, 0.05) is 11.8 Å². The fourth-order valence-electron chi connectivity index (χ4n) is 2.47. The Labute approximate surface area is 169 Å². The van der Waals surface area contributed by atoms with Crippen LogP contribution in [0.25, 0.3) is 0 Å². The number of hydrogen-bond donors (Lipinski definition) is 2. The van der Waals surface area contributed by atoms with Gasteiger partial charge < -0.3 is 24.8 Å². The van der Waals surface area contributed by atoms with Crippen molar-refractivity contribution < 1.29 is 28.6 Å². The second-order valence-corrected chi connectivity index (χ2v) is 5.70. The number of anilines is 2. The van der Waals surface area contributed by atoms with Crippen molar-refractivity contribution >= 4 is 29.2 Å². The van der Waals surface area contributed by atoms with Gasteiger partial charge in [0.25, 0.3) is 0 Å². The van der Waals surface area contributed by atoms with Crippen molar-refractivity contribution in [1.82, 2.24) is 0 Å². The first kappa shape index (κ1) is 21.7. The summed E-state index contributed by atoms with van der Waals surface area (Å²) >= 11 is 0. The van der Waals surface area contributed by atoms with Crippen LogP contribution in [0.15, 0.2) is 42.5 Å². The molecule has 0 bridgehead atoms. The molecular weight excluding hydrogens is 376 g/mol. The van der Waals surface area contributed by atoms with Crippen molar-refractivity contribution in [2.24, 2.45) is 0 Å². The number of esters is 1. The van der Waals surface area contributed by atoms with Crippen molar-refractivity contribution in [3.05, 3.63) is 48.0 Å². The van der Waals surface area contributed by atoms with Crippen molar-refractivity contribution in [2.75, 3.05) is 30.5 Å². The van der Waals surface area contributed by atoms with E-state index in [0.29, 0.717) is 30.4 Å². The number of ether oxygens (including phenoxy) is 3. The van der Waals surface area contributed by atoms with Crippen LogP contribution in [-0.4, -0.2) is 37.6 Å². The minimum absolute atomic E-state index is 0.162. The number of rotatable bonds is 8. The largest absolute Gasteiger partial charge is 0.490 e. The highest BCUT2D eigenvalue weighted by Gasteiger charge is 2.19. The highest BCUT2D eigenvalue weighted by molar-refractivity contribution is 6.44. The summed E-state index contributed by atoms with van der Waals surface area (Å²) in [6.45, 7) is 6.44. The molecule has 2 rings (SSSR count). The molecule has 0 aliphatic carbocycles. The van der Waals surface area contributed by atoms with Crippen LogP contribution in [0, 0.1) is 0 Å². The fourth-order valence-corrected chi connectivity index (χ4v) is 2.47. The number of nitrogens with one attached hydrogen (secondary N) is 2. The van der Waals surface area contributed by atoms with Crippen molar-refractivity contribution in [3.8, 4) is 11.5 Å². The first-order valence-corrected chi connectivity index (χ1v) is 9.28. The van der Waals surface area contributed by atoms with Crippen molar-refractivity contribution in [3.63, 3.8) is 0 Å². The Balaban J connectivity index is 2.11. The van der Waals surface area contributed by atoms with Crippen LogP contribution in [0.1, 0.15) is 31.1 Å². The topological polar surface area (TPSA) is 103 Å². The van der Waals surface area contributed by atoms with E-state index in [0.717, 1.165) is 0 Å². The van der Waals surface area contributed by atoms with E-state index >= 15 is 0 Å². The van der Waals surface area contributed by atoms with Crippen LogP contribution >= 0.6 is 0 Å². The van der Waals surface area contributed by atoms with Crippen LogP contribution in [0.4, 0.5) is 11.4 Å². The zero-order chi connectivity index (χ0) is 21.2. The van der Waals surface area contributed by atoms with Crippen molar-refractivity contribution in [2.45, 2.75) is 20.8 Å². The molecule has 0 aliphatic rings. The standard InChI is InChI=1S/C21H24N2O6/c1-4-27-17-12-11-14(13-18(17)28-5-2)22-19(24)20(25)23-16-10-8-7-9-15(16)21(26)29-6-3/h7-13H,4-6H2,1-3H3,(H,22,24)(H,23,25).